The van der Waals surface area contributed by atoms with Crippen LogP contribution in [0.15, 0.2) is 146 Å². The van der Waals surface area contributed by atoms with E-state index in [1.54, 1.807) is 41.0 Å². The summed E-state index contributed by atoms with van der Waals surface area (Å²) in [7, 11) is 0. The number of rotatable bonds is 11. The first-order chi connectivity index (χ1) is 29.0. The van der Waals surface area contributed by atoms with Gasteiger partial charge in [-0.2, -0.15) is 0 Å². The van der Waals surface area contributed by atoms with Crippen molar-refractivity contribution in [3.8, 4) is 32.0 Å². The summed E-state index contributed by atoms with van der Waals surface area (Å²) in [5.74, 6) is -0.334. The molecule has 0 saturated carbocycles. The van der Waals surface area contributed by atoms with Gasteiger partial charge in [0.05, 0.1) is 33.8 Å². The summed E-state index contributed by atoms with van der Waals surface area (Å²) in [6.07, 6.45) is 11.0. The number of amides is 3. The van der Waals surface area contributed by atoms with E-state index < -0.39 is 6.04 Å². The van der Waals surface area contributed by atoms with Gasteiger partial charge in [-0.1, -0.05) is 109 Å². The molecule has 2 saturated heterocycles. The number of aromatic nitrogens is 3. The van der Waals surface area contributed by atoms with Crippen molar-refractivity contribution >= 4 is 40.4 Å². The molecule has 0 aliphatic carbocycles. The molecule has 294 valence electrons. The fourth-order valence-corrected chi connectivity index (χ4v) is 10.2. The van der Waals surface area contributed by atoms with Crippen LogP contribution in [0.3, 0.4) is 0 Å². The topological polar surface area (TPSA) is 108 Å². The van der Waals surface area contributed by atoms with E-state index in [1.807, 2.05) is 82.9 Å². The fraction of sp³-hybridized carbons (Fsp3) is 0.208. The molecule has 9 rings (SSSR count). The van der Waals surface area contributed by atoms with Gasteiger partial charge in [0.25, 0.3) is 5.91 Å². The quantitative estimate of drug-likeness (QED) is 0.139. The Morgan fingerprint density at radius 1 is 0.627 bits per heavy atom. The number of thiazole rings is 2. The Morgan fingerprint density at radius 3 is 1.75 bits per heavy atom. The molecule has 0 radical (unpaired) electrons. The summed E-state index contributed by atoms with van der Waals surface area (Å²) in [6.45, 7) is 1.37. The van der Waals surface area contributed by atoms with E-state index in [1.165, 1.54) is 6.20 Å². The normalized spacial score (nSPS) is 16.9. The Bertz CT molecular complexity index is 2540. The number of hydrogen-bond acceptors (Lipinski definition) is 8. The van der Waals surface area contributed by atoms with Crippen LogP contribution in [0.4, 0.5) is 0 Å². The number of pyridine rings is 1. The van der Waals surface area contributed by atoms with E-state index in [4.69, 9.17) is 9.97 Å². The second kappa shape index (κ2) is 17.3. The largest absolute Gasteiger partial charge is 0.336 e. The maximum atomic E-state index is 14.2. The number of hydrogen-bond donors (Lipinski definition) is 1. The molecule has 3 atom stereocenters. The fourth-order valence-electron chi connectivity index (χ4n) is 8.10. The first kappa shape index (κ1) is 38.2. The highest BCUT2D eigenvalue weighted by Crippen LogP contribution is 2.40. The van der Waals surface area contributed by atoms with E-state index in [0.717, 1.165) is 85.4 Å². The molecule has 11 heteroatoms. The molecule has 9 nitrogen and oxygen atoms in total. The molecule has 1 unspecified atom stereocenters. The van der Waals surface area contributed by atoms with Crippen LogP contribution in [0.1, 0.15) is 75.3 Å². The van der Waals surface area contributed by atoms with E-state index in [0.29, 0.717) is 18.5 Å². The van der Waals surface area contributed by atoms with Gasteiger partial charge < -0.3 is 15.1 Å². The van der Waals surface area contributed by atoms with Gasteiger partial charge >= 0.3 is 0 Å². The van der Waals surface area contributed by atoms with Crippen molar-refractivity contribution < 1.29 is 14.4 Å². The highest BCUT2D eigenvalue weighted by molar-refractivity contribution is 7.15. The molecule has 4 aromatic carbocycles. The van der Waals surface area contributed by atoms with Gasteiger partial charge in [-0.05, 0) is 71.2 Å². The summed E-state index contributed by atoms with van der Waals surface area (Å²) in [4.78, 5) is 60.4. The molecule has 0 bridgehead atoms. The molecule has 3 aromatic heterocycles. The van der Waals surface area contributed by atoms with Crippen molar-refractivity contribution in [2.24, 2.45) is 0 Å². The molecule has 2 fully saturated rings. The predicted molar refractivity (Wildman–Crippen MR) is 233 cm³/mol. The zero-order valence-corrected chi connectivity index (χ0v) is 33.9. The van der Waals surface area contributed by atoms with E-state index >= 15 is 0 Å². The molecule has 7 aromatic rings. The van der Waals surface area contributed by atoms with Gasteiger partial charge in [-0.15, -0.1) is 22.7 Å². The lowest BCUT2D eigenvalue weighted by molar-refractivity contribution is -0.134. The zero-order chi connectivity index (χ0) is 40.1. The van der Waals surface area contributed by atoms with Crippen LogP contribution in [0.2, 0.25) is 0 Å². The van der Waals surface area contributed by atoms with Crippen molar-refractivity contribution in [3.05, 3.63) is 173 Å². The van der Waals surface area contributed by atoms with Crippen LogP contribution < -0.4 is 5.32 Å². The standard InChI is InChI=1S/C48H42N6O3S2/c55-43(28-32-10-3-1-4-11-32)53-26-8-15-39(53)46-50-30-41(58-46)35-21-17-33(18-22-35)34-19-23-36(24-20-34)42-31-51-47(59-42)40-16-9-27-54(40)48(57)44(37-12-5-2-6-13-37)52-45(56)38-14-7-25-49-29-38/h1-7,10-14,17-25,29-31,39-40,44H,8-9,15-16,26-28H2,(H,52,56)/t39-,40?,44+/m0/s1. The van der Waals surface area contributed by atoms with Crippen LogP contribution >= 0.6 is 22.7 Å². The number of likely N-dealkylation sites (tertiary alicyclic amines) is 2. The van der Waals surface area contributed by atoms with Crippen LogP contribution in [0.5, 0.6) is 0 Å². The lowest BCUT2D eigenvalue weighted by Gasteiger charge is -2.28. The van der Waals surface area contributed by atoms with Crippen LogP contribution in [0.25, 0.3) is 32.0 Å². The number of carbonyl (C=O) groups excluding carboxylic acids is 3. The Hall–Kier alpha value is -6.30. The third-order valence-electron chi connectivity index (χ3n) is 11.2. The van der Waals surface area contributed by atoms with Crippen molar-refractivity contribution in [1.29, 1.82) is 0 Å². The second-order valence-corrected chi connectivity index (χ2v) is 17.1. The SMILES string of the molecule is O=C(N[C@@H](C(=O)N1CCCC1c1ncc(-c2ccc(-c3ccc(-c4cnc([C@@H]5CCCN5C(=O)Cc5ccccc5)s4)cc3)cc2)s1)c1ccccc1)c1cccnc1. The van der Waals surface area contributed by atoms with Crippen molar-refractivity contribution in [2.45, 2.75) is 50.2 Å². The van der Waals surface area contributed by atoms with Gasteiger partial charge in [-0.3, -0.25) is 19.4 Å². The average Bonchev–Trinajstić information content (AvgIpc) is 4.14. The Morgan fingerprint density at radius 2 is 1.17 bits per heavy atom. The molecule has 2 aliphatic rings. The highest BCUT2D eigenvalue weighted by Gasteiger charge is 2.37. The van der Waals surface area contributed by atoms with Crippen LogP contribution in [-0.2, 0) is 16.0 Å². The molecular formula is C48H42N6O3S2. The van der Waals surface area contributed by atoms with E-state index in [-0.39, 0.29) is 29.8 Å². The average molecular weight is 815 g/mol. The zero-order valence-electron chi connectivity index (χ0n) is 32.3. The van der Waals surface area contributed by atoms with Gasteiger partial charge in [-0.25, -0.2) is 9.97 Å². The van der Waals surface area contributed by atoms with E-state index in [2.05, 4.69) is 58.8 Å². The van der Waals surface area contributed by atoms with Crippen molar-refractivity contribution in [2.75, 3.05) is 13.1 Å². The molecule has 0 spiro atoms. The molecular weight excluding hydrogens is 773 g/mol. The minimum atomic E-state index is -0.838. The smallest absolute Gasteiger partial charge is 0.253 e. The van der Waals surface area contributed by atoms with Crippen molar-refractivity contribution in [3.63, 3.8) is 0 Å². The van der Waals surface area contributed by atoms with Crippen molar-refractivity contribution in [1.82, 2.24) is 30.1 Å². The molecule has 3 amide bonds. The Labute approximate surface area is 351 Å². The molecule has 59 heavy (non-hydrogen) atoms. The lowest BCUT2D eigenvalue weighted by atomic mass is 10.0. The monoisotopic (exact) mass is 814 g/mol. The number of nitrogens with one attached hydrogen (secondary N) is 1. The third kappa shape index (κ3) is 8.35. The molecule has 1 N–H and O–H groups in total. The minimum Gasteiger partial charge on any atom is -0.336 e. The van der Waals surface area contributed by atoms with Crippen LogP contribution in [0, 0.1) is 0 Å². The summed E-state index contributed by atoms with van der Waals surface area (Å²) in [5.41, 5.74) is 6.57. The van der Waals surface area contributed by atoms with E-state index in [9.17, 15) is 14.4 Å². The van der Waals surface area contributed by atoms with Gasteiger partial charge in [0.15, 0.2) is 0 Å². The molecule has 5 heterocycles. The highest BCUT2D eigenvalue weighted by atomic mass is 32.1. The summed E-state index contributed by atoms with van der Waals surface area (Å²) in [5, 5.41) is 4.87. The number of nitrogens with zero attached hydrogens (tertiary/aromatic N) is 5. The summed E-state index contributed by atoms with van der Waals surface area (Å²) >= 11 is 3.29. The maximum Gasteiger partial charge on any atom is 0.253 e. The Balaban J connectivity index is 0.856. The van der Waals surface area contributed by atoms with Gasteiger partial charge in [0.1, 0.15) is 16.1 Å². The van der Waals surface area contributed by atoms with Gasteiger partial charge in [0, 0.05) is 37.9 Å². The number of carbonyl (C=O) groups is 3. The molecule has 2 aliphatic heterocycles. The summed E-state index contributed by atoms with van der Waals surface area (Å²) in [6, 6.07) is 38.9. The maximum absolute atomic E-state index is 14.2. The van der Waals surface area contributed by atoms with Gasteiger partial charge in [0.2, 0.25) is 11.8 Å². The second-order valence-electron chi connectivity index (χ2n) is 14.9. The predicted octanol–water partition coefficient (Wildman–Crippen LogP) is 9.74. The Kier molecular flexibility index (Phi) is 11.2. The van der Waals surface area contributed by atoms with Crippen LogP contribution in [-0.4, -0.2) is 55.6 Å². The number of benzene rings is 4. The lowest BCUT2D eigenvalue weighted by Crippen LogP contribution is -2.42. The first-order valence-electron chi connectivity index (χ1n) is 20.0. The first-order valence-corrected chi connectivity index (χ1v) is 21.6. The minimum absolute atomic E-state index is 0.0292. The summed E-state index contributed by atoms with van der Waals surface area (Å²) < 4.78 is 0. The third-order valence-corrected chi connectivity index (χ3v) is 13.5.